The van der Waals surface area contributed by atoms with Gasteiger partial charge in [0.05, 0.1) is 0 Å². The van der Waals surface area contributed by atoms with Gasteiger partial charge in [0.15, 0.2) is 0 Å². The second-order valence-electron chi connectivity index (χ2n) is 5.44. The largest absolute Gasteiger partial charge is 0.314 e. The minimum absolute atomic E-state index is 0.775. The molecule has 2 rings (SSSR count). The van der Waals surface area contributed by atoms with E-state index < -0.39 is 0 Å². The van der Waals surface area contributed by atoms with E-state index in [1.807, 2.05) is 0 Å². The highest BCUT2D eigenvalue weighted by molar-refractivity contribution is 4.93. The highest BCUT2D eigenvalue weighted by Crippen LogP contribution is 2.49. The summed E-state index contributed by atoms with van der Waals surface area (Å²) >= 11 is 0. The monoisotopic (exact) mass is 195 g/mol. The zero-order valence-corrected chi connectivity index (χ0v) is 9.76. The van der Waals surface area contributed by atoms with Crippen LogP contribution < -0.4 is 5.32 Å². The molecule has 1 nitrogen and oxygen atoms in total. The van der Waals surface area contributed by atoms with E-state index >= 15 is 0 Å². The number of rotatable bonds is 5. The van der Waals surface area contributed by atoms with Crippen molar-refractivity contribution < 1.29 is 0 Å². The van der Waals surface area contributed by atoms with E-state index in [0.29, 0.717) is 0 Å². The first-order valence-electron chi connectivity index (χ1n) is 6.54. The Balaban J connectivity index is 1.72. The van der Waals surface area contributed by atoms with E-state index in [1.54, 1.807) is 6.42 Å². The van der Waals surface area contributed by atoms with Gasteiger partial charge in [0.25, 0.3) is 0 Å². The topological polar surface area (TPSA) is 12.0 Å². The molecule has 0 aromatic rings. The Bertz CT molecular complexity index is 178. The number of fused-ring (bicyclic) bond motifs is 2. The summed E-state index contributed by atoms with van der Waals surface area (Å²) in [7, 11) is 0. The van der Waals surface area contributed by atoms with Crippen LogP contribution in [0.1, 0.15) is 52.4 Å². The first-order chi connectivity index (χ1) is 6.81. The maximum absolute atomic E-state index is 3.71. The maximum Gasteiger partial charge on any atom is 0.00697 e. The third kappa shape index (κ3) is 2.13. The van der Waals surface area contributed by atoms with E-state index in [4.69, 9.17) is 0 Å². The van der Waals surface area contributed by atoms with Crippen LogP contribution in [0.3, 0.4) is 0 Å². The van der Waals surface area contributed by atoms with Crippen LogP contribution in [0.15, 0.2) is 0 Å². The SMILES string of the molecule is CCCCN[C@@H](C)[C@H]1C[C@@H]2CC[C@@H]1C2. The molecule has 0 aromatic heterocycles. The standard InChI is InChI=1S/C13H25N/c1-3-4-7-14-10(2)13-9-11-5-6-12(13)8-11/h10-14H,3-9H2,1-2H3/t10-,11+,12+,13+/m0/s1. The summed E-state index contributed by atoms with van der Waals surface area (Å²) < 4.78 is 0. The highest BCUT2D eigenvalue weighted by Gasteiger charge is 2.41. The third-order valence-corrected chi connectivity index (χ3v) is 4.43. The Labute approximate surface area is 88.7 Å². The van der Waals surface area contributed by atoms with Gasteiger partial charge in [-0.05, 0) is 56.9 Å². The molecule has 82 valence electrons. The molecule has 2 aliphatic carbocycles. The number of nitrogens with one attached hydrogen (secondary N) is 1. The van der Waals surface area contributed by atoms with Crippen molar-refractivity contribution in [2.45, 2.75) is 58.4 Å². The second-order valence-corrected chi connectivity index (χ2v) is 5.44. The predicted molar refractivity (Wildman–Crippen MR) is 61.3 cm³/mol. The molecule has 1 heteroatoms. The van der Waals surface area contributed by atoms with E-state index in [9.17, 15) is 0 Å². The average Bonchev–Trinajstić information content (AvgIpc) is 2.79. The normalized spacial score (nSPS) is 37.7. The van der Waals surface area contributed by atoms with E-state index in [1.165, 1.54) is 38.6 Å². The Morgan fingerprint density at radius 3 is 2.71 bits per heavy atom. The summed E-state index contributed by atoms with van der Waals surface area (Å²) in [6, 6.07) is 0.775. The lowest BCUT2D eigenvalue weighted by atomic mass is 9.84. The summed E-state index contributed by atoms with van der Waals surface area (Å²) in [6.45, 7) is 5.90. The van der Waals surface area contributed by atoms with Crippen molar-refractivity contribution in [1.29, 1.82) is 0 Å². The Morgan fingerprint density at radius 1 is 1.29 bits per heavy atom. The van der Waals surface area contributed by atoms with Gasteiger partial charge in [-0.15, -0.1) is 0 Å². The number of unbranched alkanes of at least 4 members (excludes halogenated alkanes) is 1. The minimum atomic E-state index is 0.775. The molecule has 2 aliphatic rings. The molecule has 4 atom stereocenters. The fraction of sp³-hybridized carbons (Fsp3) is 1.00. The molecule has 1 N–H and O–H groups in total. The molecule has 2 bridgehead atoms. The van der Waals surface area contributed by atoms with Crippen molar-refractivity contribution >= 4 is 0 Å². The van der Waals surface area contributed by atoms with Crippen LogP contribution >= 0.6 is 0 Å². The van der Waals surface area contributed by atoms with Crippen LogP contribution in [0.5, 0.6) is 0 Å². The maximum atomic E-state index is 3.71. The third-order valence-electron chi connectivity index (χ3n) is 4.43. The van der Waals surface area contributed by atoms with Crippen molar-refractivity contribution in [3.8, 4) is 0 Å². The van der Waals surface area contributed by atoms with Gasteiger partial charge in [0, 0.05) is 6.04 Å². The molecular weight excluding hydrogens is 170 g/mol. The van der Waals surface area contributed by atoms with Crippen molar-refractivity contribution in [2.75, 3.05) is 6.54 Å². The van der Waals surface area contributed by atoms with Crippen LogP contribution in [0.2, 0.25) is 0 Å². The summed E-state index contributed by atoms with van der Waals surface area (Å²) in [5, 5.41) is 3.71. The molecule has 0 radical (unpaired) electrons. The van der Waals surface area contributed by atoms with Gasteiger partial charge in [0.2, 0.25) is 0 Å². The van der Waals surface area contributed by atoms with Gasteiger partial charge in [-0.3, -0.25) is 0 Å². The molecule has 2 fully saturated rings. The average molecular weight is 195 g/mol. The van der Waals surface area contributed by atoms with Crippen molar-refractivity contribution in [3.05, 3.63) is 0 Å². The summed E-state index contributed by atoms with van der Waals surface area (Å²) in [6.07, 6.45) is 8.77. The summed E-state index contributed by atoms with van der Waals surface area (Å²) in [4.78, 5) is 0. The highest BCUT2D eigenvalue weighted by atomic mass is 14.9. The van der Waals surface area contributed by atoms with E-state index in [0.717, 1.165) is 23.8 Å². The second kappa shape index (κ2) is 4.65. The minimum Gasteiger partial charge on any atom is -0.314 e. The van der Waals surface area contributed by atoms with Crippen LogP contribution in [-0.4, -0.2) is 12.6 Å². The Kier molecular flexibility index (Phi) is 3.48. The number of hydrogen-bond donors (Lipinski definition) is 1. The molecule has 0 heterocycles. The van der Waals surface area contributed by atoms with Crippen molar-refractivity contribution in [3.63, 3.8) is 0 Å². The lowest BCUT2D eigenvalue weighted by molar-refractivity contribution is 0.260. The molecule has 0 amide bonds. The van der Waals surface area contributed by atoms with Crippen LogP contribution in [0.25, 0.3) is 0 Å². The predicted octanol–water partition coefficient (Wildman–Crippen LogP) is 3.20. The molecule has 14 heavy (non-hydrogen) atoms. The lowest BCUT2D eigenvalue weighted by Gasteiger charge is -2.28. The zero-order valence-electron chi connectivity index (χ0n) is 9.76. The fourth-order valence-electron chi connectivity index (χ4n) is 3.56. The molecule has 0 saturated heterocycles. The molecule has 0 aliphatic heterocycles. The van der Waals surface area contributed by atoms with Gasteiger partial charge in [-0.1, -0.05) is 19.8 Å². The number of hydrogen-bond acceptors (Lipinski definition) is 1. The summed E-state index contributed by atoms with van der Waals surface area (Å²) in [5.41, 5.74) is 0. The Hall–Kier alpha value is -0.0400. The van der Waals surface area contributed by atoms with Crippen molar-refractivity contribution in [2.24, 2.45) is 17.8 Å². The quantitative estimate of drug-likeness (QED) is 0.664. The van der Waals surface area contributed by atoms with Gasteiger partial charge < -0.3 is 5.32 Å². The first-order valence-corrected chi connectivity index (χ1v) is 6.54. The van der Waals surface area contributed by atoms with Gasteiger partial charge in [-0.25, -0.2) is 0 Å². The molecule has 0 spiro atoms. The molecule has 2 saturated carbocycles. The van der Waals surface area contributed by atoms with E-state index in [-0.39, 0.29) is 0 Å². The van der Waals surface area contributed by atoms with E-state index in [2.05, 4.69) is 19.2 Å². The van der Waals surface area contributed by atoms with Gasteiger partial charge >= 0.3 is 0 Å². The van der Waals surface area contributed by atoms with Gasteiger partial charge in [-0.2, -0.15) is 0 Å². The molecular formula is C13H25N. The van der Waals surface area contributed by atoms with Crippen LogP contribution in [0, 0.1) is 17.8 Å². The van der Waals surface area contributed by atoms with Crippen molar-refractivity contribution in [1.82, 2.24) is 5.32 Å². The Morgan fingerprint density at radius 2 is 2.14 bits per heavy atom. The zero-order chi connectivity index (χ0) is 9.97. The van der Waals surface area contributed by atoms with Crippen LogP contribution in [-0.2, 0) is 0 Å². The fourth-order valence-corrected chi connectivity index (χ4v) is 3.56. The lowest BCUT2D eigenvalue weighted by Crippen LogP contribution is -2.36. The summed E-state index contributed by atoms with van der Waals surface area (Å²) in [5.74, 6) is 3.18. The van der Waals surface area contributed by atoms with Crippen LogP contribution in [0.4, 0.5) is 0 Å². The molecule has 0 unspecified atom stereocenters. The van der Waals surface area contributed by atoms with Gasteiger partial charge in [0.1, 0.15) is 0 Å². The molecule has 0 aromatic carbocycles. The first kappa shape index (κ1) is 10.5. The smallest absolute Gasteiger partial charge is 0.00697 e.